The van der Waals surface area contributed by atoms with Gasteiger partial charge in [-0.1, -0.05) is 28.9 Å². The lowest BCUT2D eigenvalue weighted by Crippen LogP contribution is -2.27. The van der Waals surface area contributed by atoms with Crippen LogP contribution in [0.5, 0.6) is 0 Å². The molecule has 1 aromatic rings. The van der Waals surface area contributed by atoms with Crippen LogP contribution < -0.4 is 5.32 Å². The first-order valence-electron chi connectivity index (χ1n) is 4.80. The van der Waals surface area contributed by atoms with E-state index in [0.29, 0.717) is 5.92 Å². The minimum atomic E-state index is 0.696. The van der Waals surface area contributed by atoms with Crippen LogP contribution in [0.15, 0.2) is 22.7 Å². The van der Waals surface area contributed by atoms with Crippen LogP contribution in [-0.4, -0.2) is 6.54 Å². The van der Waals surface area contributed by atoms with Gasteiger partial charge in [-0.05, 0) is 35.6 Å². The summed E-state index contributed by atoms with van der Waals surface area (Å²) in [4.78, 5) is 0. The number of rotatable bonds is 1. The Hall–Kier alpha value is -0.340. The Morgan fingerprint density at radius 3 is 3.15 bits per heavy atom. The van der Waals surface area contributed by atoms with Crippen molar-refractivity contribution in [3.8, 4) is 0 Å². The Morgan fingerprint density at radius 2 is 2.38 bits per heavy atom. The van der Waals surface area contributed by atoms with Gasteiger partial charge in [0.15, 0.2) is 0 Å². The van der Waals surface area contributed by atoms with Crippen LogP contribution in [0.1, 0.15) is 30.4 Å². The van der Waals surface area contributed by atoms with E-state index in [1.54, 1.807) is 0 Å². The van der Waals surface area contributed by atoms with Gasteiger partial charge in [-0.2, -0.15) is 0 Å². The van der Waals surface area contributed by atoms with Crippen molar-refractivity contribution in [2.45, 2.75) is 25.8 Å². The van der Waals surface area contributed by atoms with Gasteiger partial charge in [0.2, 0.25) is 0 Å². The molecule has 0 saturated heterocycles. The first-order valence-corrected chi connectivity index (χ1v) is 5.59. The number of hydrogen-bond donors (Lipinski definition) is 1. The van der Waals surface area contributed by atoms with Crippen LogP contribution in [-0.2, 0) is 6.54 Å². The van der Waals surface area contributed by atoms with E-state index in [-0.39, 0.29) is 0 Å². The zero-order chi connectivity index (χ0) is 9.26. The standard InChI is InChI=1S/C11H14BrN/c1-2-8-6-13-7-9-3-4-10(12)5-11(8)9/h3-5,8,13H,2,6-7H2,1H3/t8-/m0/s1. The SMILES string of the molecule is CC[C@H]1CNCc2ccc(Br)cc21. The average Bonchev–Trinajstić information content (AvgIpc) is 2.17. The molecule has 0 radical (unpaired) electrons. The maximum absolute atomic E-state index is 3.53. The molecule has 1 aliphatic heterocycles. The number of hydrogen-bond acceptors (Lipinski definition) is 1. The summed E-state index contributed by atoms with van der Waals surface area (Å²) in [5.74, 6) is 0.696. The van der Waals surface area contributed by atoms with Crippen LogP contribution in [0, 0.1) is 0 Å². The molecule has 1 heterocycles. The first kappa shape index (κ1) is 9.22. The van der Waals surface area contributed by atoms with Gasteiger partial charge in [0.05, 0.1) is 0 Å². The van der Waals surface area contributed by atoms with Gasteiger partial charge in [0.1, 0.15) is 0 Å². The Labute approximate surface area is 87.7 Å². The Kier molecular flexibility index (Phi) is 2.70. The zero-order valence-corrected chi connectivity index (χ0v) is 9.39. The van der Waals surface area contributed by atoms with Crippen molar-refractivity contribution >= 4 is 15.9 Å². The lowest BCUT2D eigenvalue weighted by Gasteiger charge is -2.25. The quantitative estimate of drug-likeness (QED) is 0.795. The molecule has 0 spiro atoms. The summed E-state index contributed by atoms with van der Waals surface area (Å²) in [6.45, 7) is 4.40. The molecule has 1 nitrogen and oxygen atoms in total. The smallest absolute Gasteiger partial charge is 0.0208 e. The largest absolute Gasteiger partial charge is 0.312 e. The highest BCUT2D eigenvalue weighted by molar-refractivity contribution is 9.10. The van der Waals surface area contributed by atoms with Crippen LogP contribution in [0.3, 0.4) is 0 Å². The van der Waals surface area contributed by atoms with E-state index in [4.69, 9.17) is 0 Å². The second kappa shape index (κ2) is 3.81. The molecular formula is C11H14BrN. The molecule has 0 aromatic heterocycles. The predicted molar refractivity (Wildman–Crippen MR) is 58.9 cm³/mol. The topological polar surface area (TPSA) is 12.0 Å². The molecular weight excluding hydrogens is 226 g/mol. The maximum atomic E-state index is 3.53. The van der Waals surface area contributed by atoms with Crippen molar-refractivity contribution in [1.29, 1.82) is 0 Å². The number of nitrogens with one attached hydrogen (secondary N) is 1. The molecule has 70 valence electrons. The highest BCUT2D eigenvalue weighted by atomic mass is 79.9. The summed E-state index contributed by atoms with van der Waals surface area (Å²) < 4.78 is 1.20. The lowest BCUT2D eigenvalue weighted by molar-refractivity contribution is 0.530. The molecule has 0 bridgehead atoms. The molecule has 0 aliphatic carbocycles. The molecule has 1 aliphatic rings. The Bertz CT molecular complexity index is 309. The molecule has 2 rings (SSSR count). The van der Waals surface area contributed by atoms with Crippen LogP contribution in [0.2, 0.25) is 0 Å². The van der Waals surface area contributed by atoms with Crippen molar-refractivity contribution in [1.82, 2.24) is 5.32 Å². The minimum Gasteiger partial charge on any atom is -0.312 e. The number of fused-ring (bicyclic) bond motifs is 1. The van der Waals surface area contributed by atoms with Gasteiger partial charge < -0.3 is 5.32 Å². The molecule has 1 atom stereocenters. The summed E-state index contributed by atoms with van der Waals surface area (Å²) >= 11 is 3.53. The van der Waals surface area contributed by atoms with Crippen molar-refractivity contribution in [3.05, 3.63) is 33.8 Å². The van der Waals surface area contributed by atoms with Gasteiger partial charge in [0, 0.05) is 17.6 Å². The van der Waals surface area contributed by atoms with Crippen LogP contribution >= 0.6 is 15.9 Å². The first-order chi connectivity index (χ1) is 6.31. The zero-order valence-electron chi connectivity index (χ0n) is 7.81. The van der Waals surface area contributed by atoms with E-state index in [0.717, 1.165) is 13.1 Å². The Balaban J connectivity index is 2.41. The Morgan fingerprint density at radius 1 is 1.54 bits per heavy atom. The predicted octanol–water partition coefficient (Wildman–Crippen LogP) is 3.05. The van der Waals surface area contributed by atoms with Crippen LogP contribution in [0.4, 0.5) is 0 Å². The minimum absolute atomic E-state index is 0.696. The third-order valence-electron chi connectivity index (χ3n) is 2.75. The van der Waals surface area contributed by atoms with E-state index in [1.165, 1.54) is 22.0 Å². The molecule has 13 heavy (non-hydrogen) atoms. The maximum Gasteiger partial charge on any atom is 0.0208 e. The van der Waals surface area contributed by atoms with Gasteiger partial charge in [-0.25, -0.2) is 0 Å². The molecule has 0 unspecified atom stereocenters. The van der Waals surface area contributed by atoms with Gasteiger partial charge in [-0.3, -0.25) is 0 Å². The van der Waals surface area contributed by atoms with Gasteiger partial charge in [-0.15, -0.1) is 0 Å². The van der Waals surface area contributed by atoms with Gasteiger partial charge in [0.25, 0.3) is 0 Å². The average molecular weight is 240 g/mol. The second-order valence-electron chi connectivity index (χ2n) is 3.58. The van der Waals surface area contributed by atoms with E-state index in [9.17, 15) is 0 Å². The third-order valence-corrected chi connectivity index (χ3v) is 3.24. The second-order valence-corrected chi connectivity index (χ2v) is 4.49. The third kappa shape index (κ3) is 1.79. The van der Waals surface area contributed by atoms with Crippen molar-refractivity contribution in [2.75, 3.05) is 6.54 Å². The van der Waals surface area contributed by atoms with Crippen molar-refractivity contribution in [2.24, 2.45) is 0 Å². The molecule has 2 heteroatoms. The normalized spacial score (nSPS) is 21.2. The summed E-state index contributed by atoms with van der Waals surface area (Å²) in [6.07, 6.45) is 1.22. The van der Waals surface area contributed by atoms with E-state index >= 15 is 0 Å². The van der Waals surface area contributed by atoms with Crippen molar-refractivity contribution in [3.63, 3.8) is 0 Å². The lowest BCUT2D eigenvalue weighted by atomic mass is 9.89. The summed E-state index contributed by atoms with van der Waals surface area (Å²) in [5, 5.41) is 3.45. The monoisotopic (exact) mass is 239 g/mol. The fourth-order valence-corrected chi connectivity index (χ4v) is 2.34. The molecule has 0 fully saturated rings. The highest BCUT2D eigenvalue weighted by Gasteiger charge is 2.17. The summed E-state index contributed by atoms with van der Waals surface area (Å²) in [6, 6.07) is 6.61. The molecule has 0 amide bonds. The van der Waals surface area contributed by atoms with Crippen molar-refractivity contribution < 1.29 is 0 Å². The van der Waals surface area contributed by atoms with Crippen LogP contribution in [0.25, 0.3) is 0 Å². The van der Waals surface area contributed by atoms with E-state index < -0.39 is 0 Å². The summed E-state index contributed by atoms with van der Waals surface area (Å²) in [5.41, 5.74) is 2.98. The summed E-state index contributed by atoms with van der Waals surface area (Å²) in [7, 11) is 0. The number of benzene rings is 1. The molecule has 1 N–H and O–H groups in total. The van der Waals surface area contributed by atoms with Gasteiger partial charge >= 0.3 is 0 Å². The van der Waals surface area contributed by atoms with E-state index in [2.05, 4.69) is 46.4 Å². The van der Waals surface area contributed by atoms with E-state index in [1.807, 2.05) is 0 Å². The fraction of sp³-hybridized carbons (Fsp3) is 0.455. The molecule has 0 saturated carbocycles. The number of halogens is 1. The fourth-order valence-electron chi connectivity index (χ4n) is 1.96. The molecule has 1 aromatic carbocycles. The highest BCUT2D eigenvalue weighted by Crippen LogP contribution is 2.28.